The van der Waals surface area contributed by atoms with Crippen molar-refractivity contribution in [3.63, 3.8) is 0 Å². The predicted molar refractivity (Wildman–Crippen MR) is 66.2 cm³/mol. The van der Waals surface area contributed by atoms with E-state index in [1.165, 1.54) is 16.2 Å². The average Bonchev–Trinajstić information content (AvgIpc) is 2.19. The van der Waals surface area contributed by atoms with Gasteiger partial charge >= 0.3 is 0 Å². The molecular weight excluding hydrogens is 190 g/mol. The van der Waals surface area contributed by atoms with E-state index in [-0.39, 0.29) is 0 Å². The Bertz CT molecular complexity index is 314. The van der Waals surface area contributed by atoms with Gasteiger partial charge in [0.05, 0.1) is 5.03 Å². The molecule has 0 radical (unpaired) electrons. The normalized spacial score (nSPS) is 12.3. The molecule has 1 aromatic rings. The first-order chi connectivity index (χ1) is 6.66. The Hall–Kier alpha value is -0.890. The largest absolute Gasteiger partial charge is 0.372 e. The van der Waals surface area contributed by atoms with E-state index in [4.69, 9.17) is 0 Å². The van der Waals surface area contributed by atoms with Crippen molar-refractivity contribution in [2.24, 2.45) is 0 Å². The Kier molecular flexibility index (Phi) is 4.08. The topological polar surface area (TPSA) is 3.24 Å². The highest BCUT2D eigenvalue weighted by Gasteiger charge is 2.04. The summed E-state index contributed by atoms with van der Waals surface area (Å²) in [4.78, 5) is 2.16. The van der Waals surface area contributed by atoms with Crippen molar-refractivity contribution < 1.29 is 0 Å². The Morgan fingerprint density at radius 1 is 1.14 bits per heavy atom. The van der Waals surface area contributed by atoms with Crippen LogP contribution in [0.15, 0.2) is 35.4 Å². The molecule has 0 spiro atoms. The van der Waals surface area contributed by atoms with E-state index in [1.54, 1.807) is 11.8 Å². The predicted octanol–water partition coefficient (Wildman–Crippen LogP) is 3.30. The third kappa shape index (κ3) is 2.55. The molecule has 0 atom stereocenters. The van der Waals surface area contributed by atoms with Gasteiger partial charge in [-0.3, -0.25) is 0 Å². The van der Waals surface area contributed by atoms with E-state index in [1.807, 2.05) is 6.07 Å². The number of nitrogens with zero attached hydrogens (tertiary/aromatic N) is 1. The first-order valence-corrected chi connectivity index (χ1v) is 5.87. The van der Waals surface area contributed by atoms with Crippen LogP contribution < -0.4 is 0 Å². The van der Waals surface area contributed by atoms with Crippen LogP contribution in [0.2, 0.25) is 0 Å². The lowest BCUT2D eigenvalue weighted by molar-refractivity contribution is 0.552. The van der Waals surface area contributed by atoms with Crippen LogP contribution in [0.5, 0.6) is 0 Å². The Balaban J connectivity index is 3.08. The number of thioether (sulfide) groups is 1. The van der Waals surface area contributed by atoms with Crippen molar-refractivity contribution in [3.8, 4) is 0 Å². The molecule has 0 aliphatic heterocycles. The van der Waals surface area contributed by atoms with E-state index in [0.717, 1.165) is 0 Å². The molecule has 0 aromatic heterocycles. The minimum Gasteiger partial charge on any atom is -0.372 e. The molecule has 0 unspecified atom stereocenters. The van der Waals surface area contributed by atoms with Crippen molar-refractivity contribution in [2.45, 2.75) is 6.92 Å². The van der Waals surface area contributed by atoms with E-state index in [2.05, 4.69) is 56.4 Å². The van der Waals surface area contributed by atoms with Gasteiger partial charge in [0.2, 0.25) is 0 Å². The summed E-state index contributed by atoms with van der Waals surface area (Å²) in [6, 6.07) is 10.5. The van der Waals surface area contributed by atoms with Crippen molar-refractivity contribution in [1.82, 2.24) is 4.90 Å². The second kappa shape index (κ2) is 5.11. The van der Waals surface area contributed by atoms with Gasteiger partial charge in [-0.2, -0.15) is 0 Å². The van der Waals surface area contributed by atoms with E-state index in [9.17, 15) is 0 Å². The van der Waals surface area contributed by atoms with Gasteiger partial charge in [-0.05, 0) is 24.3 Å². The maximum absolute atomic E-state index is 2.17. The summed E-state index contributed by atoms with van der Waals surface area (Å²) in [5.41, 5.74) is 2.63. The second-order valence-electron chi connectivity index (χ2n) is 3.39. The molecular formula is C12H17NS. The molecule has 0 N–H and O–H groups in total. The zero-order valence-electron chi connectivity index (χ0n) is 9.24. The smallest absolute Gasteiger partial charge is 0.0735 e. The zero-order chi connectivity index (χ0) is 10.6. The monoisotopic (exact) mass is 207 g/mol. The fourth-order valence-electron chi connectivity index (χ4n) is 1.48. The fourth-order valence-corrected chi connectivity index (χ4v) is 2.27. The third-order valence-electron chi connectivity index (χ3n) is 2.13. The van der Waals surface area contributed by atoms with Crippen molar-refractivity contribution in [1.29, 1.82) is 0 Å². The first-order valence-electron chi connectivity index (χ1n) is 4.64. The quantitative estimate of drug-likeness (QED) is 0.748. The Morgan fingerprint density at radius 2 is 1.71 bits per heavy atom. The lowest BCUT2D eigenvalue weighted by Crippen LogP contribution is -2.09. The maximum Gasteiger partial charge on any atom is 0.0735 e. The van der Waals surface area contributed by atoms with Crippen LogP contribution in [0, 0.1) is 0 Å². The van der Waals surface area contributed by atoms with Gasteiger partial charge in [0.1, 0.15) is 0 Å². The van der Waals surface area contributed by atoms with Gasteiger partial charge in [0.25, 0.3) is 0 Å². The van der Waals surface area contributed by atoms with Crippen molar-refractivity contribution in [2.75, 3.05) is 20.4 Å². The van der Waals surface area contributed by atoms with Crippen LogP contribution in [0.1, 0.15) is 12.5 Å². The molecule has 1 rings (SSSR count). The SMILES string of the molecule is CS/C(=C(\C)c1ccccc1)N(C)C. The molecule has 0 amide bonds. The van der Waals surface area contributed by atoms with Crippen LogP contribution in [0.3, 0.4) is 0 Å². The first kappa shape index (κ1) is 11.2. The van der Waals surface area contributed by atoms with Crippen molar-refractivity contribution in [3.05, 3.63) is 40.9 Å². The molecule has 0 aliphatic carbocycles. The highest BCUT2D eigenvalue weighted by atomic mass is 32.2. The summed E-state index contributed by atoms with van der Waals surface area (Å²) in [6.45, 7) is 2.17. The van der Waals surface area contributed by atoms with Crippen molar-refractivity contribution >= 4 is 17.3 Å². The molecule has 1 nitrogen and oxygen atoms in total. The Morgan fingerprint density at radius 3 is 2.14 bits per heavy atom. The number of benzene rings is 1. The summed E-state index contributed by atoms with van der Waals surface area (Å²) in [5.74, 6) is 0. The van der Waals surface area contributed by atoms with Gasteiger partial charge in [0, 0.05) is 14.1 Å². The molecule has 0 saturated heterocycles. The lowest BCUT2D eigenvalue weighted by atomic mass is 10.1. The molecule has 0 bridgehead atoms. The van der Waals surface area contributed by atoms with Gasteiger partial charge in [0.15, 0.2) is 0 Å². The van der Waals surface area contributed by atoms with E-state index >= 15 is 0 Å². The number of allylic oxidation sites excluding steroid dienone is 1. The van der Waals surface area contributed by atoms with Crippen LogP contribution in [0.4, 0.5) is 0 Å². The molecule has 2 heteroatoms. The standard InChI is InChI=1S/C12H17NS/c1-10(12(14-4)13(2)3)11-8-6-5-7-9-11/h5-9H,1-4H3/b12-10+. The van der Waals surface area contributed by atoms with Crippen LogP contribution >= 0.6 is 11.8 Å². The summed E-state index contributed by atoms with van der Waals surface area (Å²) in [6.07, 6.45) is 2.11. The van der Waals surface area contributed by atoms with Crippen LogP contribution in [-0.4, -0.2) is 25.3 Å². The summed E-state index contributed by atoms with van der Waals surface area (Å²) in [7, 11) is 4.16. The molecule has 0 aliphatic rings. The summed E-state index contributed by atoms with van der Waals surface area (Å²) in [5, 5.41) is 1.32. The van der Waals surface area contributed by atoms with E-state index < -0.39 is 0 Å². The molecule has 0 fully saturated rings. The van der Waals surface area contributed by atoms with Gasteiger partial charge in [-0.15, -0.1) is 11.8 Å². The molecule has 0 heterocycles. The minimum atomic E-state index is 1.30. The zero-order valence-corrected chi connectivity index (χ0v) is 10.1. The molecule has 1 aromatic carbocycles. The number of hydrogen-bond acceptors (Lipinski definition) is 2. The van der Waals surface area contributed by atoms with Gasteiger partial charge in [-0.1, -0.05) is 30.3 Å². The maximum atomic E-state index is 2.17. The molecule has 0 saturated carbocycles. The molecule has 76 valence electrons. The van der Waals surface area contributed by atoms with Crippen LogP contribution in [0.25, 0.3) is 5.57 Å². The third-order valence-corrected chi connectivity index (χ3v) is 3.19. The molecule has 14 heavy (non-hydrogen) atoms. The fraction of sp³-hybridized carbons (Fsp3) is 0.333. The highest BCUT2D eigenvalue weighted by Crippen LogP contribution is 2.25. The Labute approximate surface area is 90.8 Å². The average molecular weight is 207 g/mol. The highest BCUT2D eigenvalue weighted by molar-refractivity contribution is 8.02. The number of rotatable bonds is 3. The minimum absolute atomic E-state index is 1.30. The van der Waals surface area contributed by atoms with Gasteiger partial charge in [-0.25, -0.2) is 0 Å². The second-order valence-corrected chi connectivity index (χ2v) is 4.19. The lowest BCUT2D eigenvalue weighted by Gasteiger charge is -2.18. The van der Waals surface area contributed by atoms with Gasteiger partial charge < -0.3 is 4.90 Å². The summed E-state index contributed by atoms with van der Waals surface area (Å²) < 4.78 is 0. The van der Waals surface area contributed by atoms with E-state index in [0.29, 0.717) is 0 Å². The number of hydrogen-bond donors (Lipinski definition) is 0. The van der Waals surface area contributed by atoms with Crippen LogP contribution in [-0.2, 0) is 0 Å². The summed E-state index contributed by atoms with van der Waals surface area (Å²) >= 11 is 1.79.